The quantitative estimate of drug-likeness (QED) is 0.803. The zero-order chi connectivity index (χ0) is 19.6. The van der Waals surface area contributed by atoms with Crippen LogP contribution in [0.1, 0.15) is 11.1 Å². The van der Waals surface area contributed by atoms with Gasteiger partial charge < -0.3 is 5.32 Å². The van der Waals surface area contributed by atoms with Crippen molar-refractivity contribution >= 4 is 27.3 Å². The highest BCUT2D eigenvalue weighted by molar-refractivity contribution is 7.92. The SMILES string of the molecule is Cc1ccc(NC(=O)CN(c2ccc(F)c(F)c2F)S(C)(=O)=O)cc1C. The summed E-state index contributed by atoms with van der Waals surface area (Å²) in [5, 5.41) is 2.49. The van der Waals surface area contributed by atoms with E-state index in [0.717, 1.165) is 23.4 Å². The second kappa shape index (κ2) is 7.36. The highest BCUT2D eigenvalue weighted by Crippen LogP contribution is 2.25. The van der Waals surface area contributed by atoms with Gasteiger partial charge in [0.1, 0.15) is 6.54 Å². The van der Waals surface area contributed by atoms with E-state index in [1.54, 1.807) is 18.2 Å². The highest BCUT2D eigenvalue weighted by atomic mass is 32.2. The Morgan fingerprint density at radius 1 is 1.04 bits per heavy atom. The number of carbonyl (C=O) groups is 1. The van der Waals surface area contributed by atoms with Crippen molar-refractivity contribution in [1.82, 2.24) is 0 Å². The van der Waals surface area contributed by atoms with E-state index in [0.29, 0.717) is 16.1 Å². The van der Waals surface area contributed by atoms with Crippen LogP contribution in [0.5, 0.6) is 0 Å². The first kappa shape index (κ1) is 19.8. The fourth-order valence-corrected chi connectivity index (χ4v) is 3.09. The number of carbonyl (C=O) groups excluding carboxylic acids is 1. The molecular weight excluding hydrogens is 369 g/mol. The van der Waals surface area contributed by atoms with Gasteiger partial charge in [-0.15, -0.1) is 0 Å². The number of sulfonamides is 1. The molecule has 0 aliphatic heterocycles. The molecular formula is C17H17F3N2O3S. The van der Waals surface area contributed by atoms with Crippen LogP contribution in [0.15, 0.2) is 30.3 Å². The third kappa shape index (κ3) is 4.34. The van der Waals surface area contributed by atoms with Crippen molar-refractivity contribution in [3.05, 3.63) is 58.9 Å². The van der Waals surface area contributed by atoms with Gasteiger partial charge in [-0.1, -0.05) is 6.07 Å². The molecule has 1 amide bonds. The molecule has 2 aromatic carbocycles. The standard InChI is InChI=1S/C17H17F3N2O3S/c1-10-4-5-12(8-11(10)2)21-15(23)9-22(26(3,24)25)14-7-6-13(18)16(19)17(14)20/h4-8H,9H2,1-3H3,(H,21,23). The van der Waals surface area contributed by atoms with Crippen LogP contribution in [0.4, 0.5) is 24.5 Å². The Hall–Kier alpha value is -2.55. The zero-order valence-electron chi connectivity index (χ0n) is 14.3. The molecule has 2 rings (SSSR count). The number of halogens is 3. The normalized spacial score (nSPS) is 11.3. The van der Waals surface area contributed by atoms with E-state index >= 15 is 0 Å². The minimum absolute atomic E-state index is 0.376. The van der Waals surface area contributed by atoms with Gasteiger partial charge in [-0.25, -0.2) is 21.6 Å². The molecule has 0 saturated heterocycles. The summed E-state index contributed by atoms with van der Waals surface area (Å²) in [5.41, 5.74) is 1.60. The maximum atomic E-state index is 14.0. The summed E-state index contributed by atoms with van der Waals surface area (Å²) >= 11 is 0. The summed E-state index contributed by atoms with van der Waals surface area (Å²) < 4.78 is 64.7. The largest absolute Gasteiger partial charge is 0.325 e. The van der Waals surface area contributed by atoms with Gasteiger partial charge in [0, 0.05) is 5.69 Å². The zero-order valence-corrected chi connectivity index (χ0v) is 15.1. The van der Waals surface area contributed by atoms with Crippen LogP contribution in [0.25, 0.3) is 0 Å². The molecule has 0 unspecified atom stereocenters. The predicted octanol–water partition coefficient (Wildman–Crippen LogP) is 3.13. The van der Waals surface area contributed by atoms with Gasteiger partial charge in [-0.05, 0) is 49.2 Å². The Balaban J connectivity index is 2.30. The molecule has 1 N–H and O–H groups in total. The molecule has 9 heteroatoms. The number of benzene rings is 2. The maximum Gasteiger partial charge on any atom is 0.245 e. The van der Waals surface area contributed by atoms with E-state index in [1.807, 2.05) is 13.8 Å². The second-order valence-electron chi connectivity index (χ2n) is 5.81. The van der Waals surface area contributed by atoms with Crippen LogP contribution >= 0.6 is 0 Å². The summed E-state index contributed by atoms with van der Waals surface area (Å²) in [6, 6.07) is 6.44. The lowest BCUT2D eigenvalue weighted by Gasteiger charge is -2.22. The molecule has 2 aromatic rings. The van der Waals surface area contributed by atoms with E-state index in [2.05, 4.69) is 5.32 Å². The molecule has 0 aliphatic rings. The van der Waals surface area contributed by atoms with E-state index in [-0.39, 0.29) is 0 Å². The lowest BCUT2D eigenvalue weighted by molar-refractivity contribution is -0.114. The van der Waals surface area contributed by atoms with Gasteiger partial charge in [-0.2, -0.15) is 0 Å². The Bertz CT molecular complexity index is 962. The van der Waals surface area contributed by atoms with Crippen molar-refractivity contribution in [2.24, 2.45) is 0 Å². The van der Waals surface area contributed by atoms with Crippen LogP contribution in [0, 0.1) is 31.3 Å². The van der Waals surface area contributed by atoms with Gasteiger partial charge in [0.15, 0.2) is 17.5 Å². The number of hydrogen-bond acceptors (Lipinski definition) is 3. The number of nitrogens with one attached hydrogen (secondary N) is 1. The molecule has 0 aromatic heterocycles. The molecule has 0 saturated carbocycles. The third-order valence-corrected chi connectivity index (χ3v) is 4.89. The van der Waals surface area contributed by atoms with Gasteiger partial charge in [0.25, 0.3) is 0 Å². The lowest BCUT2D eigenvalue weighted by Crippen LogP contribution is -2.38. The fraction of sp³-hybridized carbons (Fsp3) is 0.235. The first-order chi connectivity index (χ1) is 12.0. The average Bonchev–Trinajstić information content (AvgIpc) is 2.54. The Kier molecular flexibility index (Phi) is 5.60. The fourth-order valence-electron chi connectivity index (χ4n) is 2.24. The van der Waals surface area contributed by atoms with E-state index in [1.165, 1.54) is 0 Å². The van der Waals surface area contributed by atoms with Crippen LogP contribution in [0.2, 0.25) is 0 Å². The summed E-state index contributed by atoms with van der Waals surface area (Å²) in [6.45, 7) is 2.93. The number of amides is 1. The van der Waals surface area contributed by atoms with Gasteiger partial charge in [-0.3, -0.25) is 9.10 Å². The first-order valence-corrected chi connectivity index (χ1v) is 9.34. The Morgan fingerprint density at radius 2 is 1.69 bits per heavy atom. The van der Waals surface area contributed by atoms with Crippen molar-refractivity contribution in [2.75, 3.05) is 22.4 Å². The minimum atomic E-state index is -4.13. The van der Waals surface area contributed by atoms with Crippen molar-refractivity contribution in [2.45, 2.75) is 13.8 Å². The molecule has 0 fully saturated rings. The van der Waals surface area contributed by atoms with Crippen molar-refractivity contribution < 1.29 is 26.4 Å². The predicted molar refractivity (Wildman–Crippen MR) is 93.1 cm³/mol. The molecule has 26 heavy (non-hydrogen) atoms. The van der Waals surface area contributed by atoms with Crippen LogP contribution < -0.4 is 9.62 Å². The first-order valence-electron chi connectivity index (χ1n) is 7.49. The smallest absolute Gasteiger partial charge is 0.245 e. The number of rotatable bonds is 5. The van der Waals surface area contributed by atoms with E-state index < -0.39 is 45.6 Å². The maximum absolute atomic E-state index is 14.0. The molecule has 140 valence electrons. The van der Waals surface area contributed by atoms with Crippen molar-refractivity contribution in [3.8, 4) is 0 Å². The molecule has 0 atom stereocenters. The van der Waals surface area contributed by atoms with Crippen molar-refractivity contribution in [1.29, 1.82) is 0 Å². The number of nitrogens with zero attached hydrogens (tertiary/aromatic N) is 1. The Labute approximate surface area is 149 Å². The van der Waals surface area contributed by atoms with Crippen LogP contribution in [-0.4, -0.2) is 27.1 Å². The average molecular weight is 386 g/mol. The third-order valence-electron chi connectivity index (χ3n) is 3.76. The van der Waals surface area contributed by atoms with Crippen LogP contribution in [-0.2, 0) is 14.8 Å². The lowest BCUT2D eigenvalue weighted by atomic mass is 10.1. The molecule has 5 nitrogen and oxygen atoms in total. The topological polar surface area (TPSA) is 66.5 Å². The molecule has 0 spiro atoms. The summed E-state index contributed by atoms with van der Waals surface area (Å²) in [7, 11) is -4.13. The Morgan fingerprint density at radius 3 is 2.27 bits per heavy atom. The monoisotopic (exact) mass is 386 g/mol. The summed E-state index contributed by atoms with van der Waals surface area (Å²) in [6.07, 6.45) is 0.733. The summed E-state index contributed by atoms with van der Waals surface area (Å²) in [4.78, 5) is 12.2. The highest BCUT2D eigenvalue weighted by Gasteiger charge is 2.26. The number of anilines is 2. The molecule has 0 heterocycles. The van der Waals surface area contributed by atoms with E-state index in [4.69, 9.17) is 0 Å². The van der Waals surface area contributed by atoms with Gasteiger partial charge in [0.05, 0.1) is 11.9 Å². The minimum Gasteiger partial charge on any atom is -0.325 e. The number of aryl methyl sites for hydroxylation is 2. The summed E-state index contributed by atoms with van der Waals surface area (Å²) in [5.74, 6) is -5.72. The van der Waals surface area contributed by atoms with Gasteiger partial charge in [0.2, 0.25) is 15.9 Å². The molecule has 0 aliphatic carbocycles. The number of hydrogen-bond donors (Lipinski definition) is 1. The molecule has 0 bridgehead atoms. The van der Waals surface area contributed by atoms with Crippen molar-refractivity contribution in [3.63, 3.8) is 0 Å². The van der Waals surface area contributed by atoms with Gasteiger partial charge >= 0.3 is 0 Å². The van der Waals surface area contributed by atoms with Crippen LogP contribution in [0.3, 0.4) is 0 Å². The second-order valence-corrected chi connectivity index (χ2v) is 7.72. The molecule has 0 radical (unpaired) electrons. The van der Waals surface area contributed by atoms with E-state index in [9.17, 15) is 26.4 Å².